The van der Waals surface area contributed by atoms with Crippen molar-refractivity contribution in [1.29, 1.82) is 0 Å². The molecule has 1 spiro atoms. The fraction of sp³-hybridized carbons (Fsp3) is 0.571. The van der Waals surface area contributed by atoms with E-state index in [0.29, 0.717) is 36.2 Å². The summed E-state index contributed by atoms with van der Waals surface area (Å²) in [6.45, 7) is 3.08. The van der Waals surface area contributed by atoms with Crippen LogP contribution in [-0.4, -0.2) is 39.9 Å². The first-order valence-corrected chi connectivity index (χ1v) is 10.5. The smallest absolute Gasteiger partial charge is 0.321 e. The molecule has 1 aromatic carbocycles. The van der Waals surface area contributed by atoms with Crippen LogP contribution < -0.4 is 14.8 Å². The molecule has 0 radical (unpaired) electrons. The van der Waals surface area contributed by atoms with Crippen molar-refractivity contribution in [2.75, 3.05) is 18.4 Å². The lowest BCUT2D eigenvalue weighted by atomic mass is 9.94. The van der Waals surface area contributed by atoms with Gasteiger partial charge in [-0.1, -0.05) is 11.6 Å². The molecular formula is C21H26N4O4. The molecule has 1 atom stereocenters. The molecule has 1 saturated heterocycles. The number of fused-ring (bicyclic) bond motifs is 1. The van der Waals surface area contributed by atoms with E-state index in [0.717, 1.165) is 44.3 Å². The molecule has 1 aromatic heterocycles. The van der Waals surface area contributed by atoms with E-state index < -0.39 is 5.79 Å². The second kappa shape index (κ2) is 7.24. The van der Waals surface area contributed by atoms with Gasteiger partial charge >= 0.3 is 6.03 Å². The first-order valence-electron chi connectivity index (χ1n) is 10.5. The lowest BCUT2D eigenvalue weighted by Crippen LogP contribution is -2.41. The highest BCUT2D eigenvalue weighted by Crippen LogP contribution is 2.46. The SMILES string of the molecule is Cc1noc([C@@H]2CCCN(C(=O)Nc3ccc4c(c3)OC3(CCCCC3)O4)C2)n1. The van der Waals surface area contributed by atoms with Gasteiger partial charge in [0.15, 0.2) is 17.3 Å². The van der Waals surface area contributed by atoms with Crippen LogP contribution in [0.3, 0.4) is 0 Å². The predicted molar refractivity (Wildman–Crippen MR) is 105 cm³/mol. The van der Waals surface area contributed by atoms with Crippen LogP contribution in [0, 0.1) is 6.92 Å². The Kier molecular flexibility index (Phi) is 4.56. The topological polar surface area (TPSA) is 89.7 Å². The zero-order valence-corrected chi connectivity index (χ0v) is 16.6. The maximum atomic E-state index is 12.8. The van der Waals surface area contributed by atoms with Gasteiger partial charge in [0.05, 0.1) is 5.92 Å². The van der Waals surface area contributed by atoms with Gasteiger partial charge < -0.3 is 24.2 Å². The van der Waals surface area contributed by atoms with E-state index in [1.807, 2.05) is 18.2 Å². The Morgan fingerprint density at radius 1 is 1.17 bits per heavy atom. The lowest BCUT2D eigenvalue weighted by molar-refractivity contribution is -0.105. The molecule has 0 bridgehead atoms. The predicted octanol–water partition coefficient (Wildman–Crippen LogP) is 4.22. The van der Waals surface area contributed by atoms with Gasteiger partial charge in [-0.15, -0.1) is 0 Å². The normalized spacial score (nSPS) is 22.7. The second-order valence-electron chi connectivity index (χ2n) is 8.23. The third-order valence-corrected chi connectivity index (χ3v) is 6.00. The number of rotatable bonds is 2. The van der Waals surface area contributed by atoms with E-state index in [1.165, 1.54) is 6.42 Å². The zero-order chi connectivity index (χ0) is 19.8. The molecule has 3 aliphatic rings. The van der Waals surface area contributed by atoms with Gasteiger partial charge in [-0.25, -0.2) is 4.79 Å². The van der Waals surface area contributed by atoms with Crippen molar-refractivity contribution in [1.82, 2.24) is 15.0 Å². The number of ether oxygens (including phenoxy) is 2. The minimum atomic E-state index is -0.508. The Morgan fingerprint density at radius 2 is 2.00 bits per heavy atom. The van der Waals surface area contributed by atoms with E-state index in [4.69, 9.17) is 14.0 Å². The highest BCUT2D eigenvalue weighted by Gasteiger charge is 2.42. The summed E-state index contributed by atoms with van der Waals surface area (Å²) < 4.78 is 17.6. The molecule has 2 aromatic rings. The number of carbonyl (C=O) groups is 1. The van der Waals surface area contributed by atoms with E-state index in [1.54, 1.807) is 11.8 Å². The number of nitrogens with one attached hydrogen (secondary N) is 1. The number of hydrogen-bond donors (Lipinski definition) is 1. The Labute approximate surface area is 169 Å². The minimum Gasteiger partial charge on any atom is -0.448 e. The number of amides is 2. The maximum Gasteiger partial charge on any atom is 0.321 e. The molecule has 154 valence electrons. The number of urea groups is 1. The van der Waals surface area contributed by atoms with Gasteiger partial charge in [-0.05, 0) is 44.7 Å². The fourth-order valence-electron chi connectivity index (χ4n) is 4.51. The van der Waals surface area contributed by atoms with Crippen LogP contribution in [0.15, 0.2) is 22.7 Å². The highest BCUT2D eigenvalue weighted by molar-refractivity contribution is 5.89. The zero-order valence-electron chi connectivity index (χ0n) is 16.6. The van der Waals surface area contributed by atoms with Crippen molar-refractivity contribution in [3.8, 4) is 11.5 Å². The maximum absolute atomic E-state index is 12.8. The van der Waals surface area contributed by atoms with Crippen molar-refractivity contribution >= 4 is 11.7 Å². The van der Waals surface area contributed by atoms with E-state index in [9.17, 15) is 4.79 Å². The quantitative estimate of drug-likeness (QED) is 0.815. The van der Waals surface area contributed by atoms with Crippen LogP contribution in [0.1, 0.15) is 62.6 Å². The van der Waals surface area contributed by atoms with Crippen molar-refractivity contribution in [3.05, 3.63) is 29.9 Å². The largest absolute Gasteiger partial charge is 0.448 e. The Hall–Kier alpha value is -2.77. The molecule has 3 heterocycles. The summed E-state index contributed by atoms with van der Waals surface area (Å²) in [5, 5.41) is 6.86. The van der Waals surface area contributed by atoms with Crippen molar-refractivity contribution in [2.24, 2.45) is 0 Å². The summed E-state index contributed by atoms with van der Waals surface area (Å²) in [5.41, 5.74) is 0.709. The molecule has 0 unspecified atom stereocenters. The molecular weight excluding hydrogens is 372 g/mol. The van der Waals surface area contributed by atoms with Crippen LogP contribution in [0.25, 0.3) is 0 Å². The second-order valence-corrected chi connectivity index (χ2v) is 8.23. The van der Waals surface area contributed by atoms with Crippen molar-refractivity contribution < 1.29 is 18.8 Å². The van der Waals surface area contributed by atoms with Crippen molar-refractivity contribution in [2.45, 2.75) is 63.6 Å². The highest BCUT2D eigenvalue weighted by atomic mass is 16.7. The summed E-state index contributed by atoms with van der Waals surface area (Å²) in [5.74, 6) is 2.28. The van der Waals surface area contributed by atoms with Gasteiger partial charge in [0, 0.05) is 37.7 Å². The molecule has 29 heavy (non-hydrogen) atoms. The third-order valence-electron chi connectivity index (χ3n) is 6.00. The van der Waals surface area contributed by atoms with Crippen LogP contribution in [-0.2, 0) is 0 Å². The first-order chi connectivity index (χ1) is 14.1. The van der Waals surface area contributed by atoms with Crippen LogP contribution in [0.4, 0.5) is 10.5 Å². The Balaban J connectivity index is 1.24. The molecule has 2 fully saturated rings. The summed E-state index contributed by atoms with van der Waals surface area (Å²) in [6.07, 6.45) is 7.13. The lowest BCUT2D eigenvalue weighted by Gasteiger charge is -2.31. The number of likely N-dealkylation sites (tertiary alicyclic amines) is 1. The van der Waals surface area contributed by atoms with Gasteiger partial charge in [-0.2, -0.15) is 4.98 Å². The molecule has 1 aliphatic carbocycles. The fourth-order valence-corrected chi connectivity index (χ4v) is 4.51. The average molecular weight is 398 g/mol. The number of piperidine rings is 1. The van der Waals surface area contributed by atoms with Crippen LogP contribution in [0.2, 0.25) is 0 Å². The number of carbonyl (C=O) groups excluding carboxylic acids is 1. The molecule has 8 nitrogen and oxygen atoms in total. The molecule has 2 amide bonds. The number of aryl methyl sites for hydroxylation is 1. The third kappa shape index (κ3) is 3.63. The summed E-state index contributed by atoms with van der Waals surface area (Å²) >= 11 is 0. The van der Waals surface area contributed by atoms with Crippen LogP contribution >= 0.6 is 0 Å². The minimum absolute atomic E-state index is 0.0820. The van der Waals surface area contributed by atoms with Gasteiger partial charge in [0.2, 0.25) is 5.89 Å². The number of anilines is 1. The summed E-state index contributed by atoms with van der Waals surface area (Å²) in [6, 6.07) is 5.48. The Bertz CT molecular complexity index is 906. The van der Waals surface area contributed by atoms with E-state index >= 15 is 0 Å². The Morgan fingerprint density at radius 3 is 2.79 bits per heavy atom. The number of hydrogen-bond acceptors (Lipinski definition) is 6. The standard InChI is InChI=1S/C21H26N4O4/c1-14-22-19(29-24-14)15-6-5-11-25(13-15)20(26)23-16-7-8-17-18(12-16)28-21(27-17)9-3-2-4-10-21/h7-8,12,15H,2-6,9-11,13H2,1H3,(H,23,26)/t15-/m1/s1. The summed E-state index contributed by atoms with van der Waals surface area (Å²) in [4.78, 5) is 19.0. The molecule has 1 saturated carbocycles. The van der Waals surface area contributed by atoms with E-state index in [2.05, 4.69) is 15.5 Å². The first kappa shape index (κ1) is 18.3. The average Bonchev–Trinajstić information content (AvgIpc) is 3.31. The monoisotopic (exact) mass is 398 g/mol. The number of nitrogens with zero attached hydrogens (tertiary/aromatic N) is 3. The molecule has 8 heteroatoms. The van der Waals surface area contributed by atoms with Gasteiger partial charge in [0.25, 0.3) is 5.79 Å². The molecule has 2 aliphatic heterocycles. The molecule has 5 rings (SSSR count). The van der Waals surface area contributed by atoms with Gasteiger partial charge in [0.1, 0.15) is 0 Å². The number of benzene rings is 1. The van der Waals surface area contributed by atoms with Crippen LogP contribution in [0.5, 0.6) is 11.5 Å². The van der Waals surface area contributed by atoms with E-state index in [-0.39, 0.29) is 11.9 Å². The number of aromatic nitrogens is 2. The molecule has 1 N–H and O–H groups in total. The summed E-state index contributed by atoms with van der Waals surface area (Å²) in [7, 11) is 0. The van der Waals surface area contributed by atoms with Crippen molar-refractivity contribution in [3.63, 3.8) is 0 Å². The van der Waals surface area contributed by atoms with Gasteiger partial charge in [-0.3, -0.25) is 0 Å².